The van der Waals surface area contributed by atoms with Crippen LogP contribution in [0.2, 0.25) is 0 Å². The molecule has 1 aromatic heterocycles. The molecule has 0 unspecified atom stereocenters. The number of piperazine rings is 1. The van der Waals surface area contributed by atoms with Gasteiger partial charge in [-0.05, 0) is 55.9 Å². The average molecular weight is 472 g/mol. The van der Waals surface area contributed by atoms with Crippen molar-refractivity contribution in [1.29, 1.82) is 0 Å². The zero-order valence-corrected chi connectivity index (χ0v) is 20.0. The SMILES string of the molecule is Cc1ccc(S(N)(=O)=O)c(CC2CCN(C(=O)CN3CCN(c4ccncc4)CC3)CC2)c1. The first-order chi connectivity index (χ1) is 15.8. The van der Waals surface area contributed by atoms with Gasteiger partial charge in [0.15, 0.2) is 0 Å². The van der Waals surface area contributed by atoms with E-state index in [1.807, 2.05) is 42.4 Å². The number of carbonyl (C=O) groups excluding carboxylic acids is 1. The van der Waals surface area contributed by atoms with E-state index in [-0.39, 0.29) is 10.8 Å². The standard InChI is InChI=1S/C24H33N5O3S/c1-19-2-3-23(33(25,31)32)21(16-19)17-20-6-10-29(11-7-20)24(30)18-27-12-14-28(15-13-27)22-4-8-26-9-5-22/h2-5,8-9,16,20H,6-7,10-15,17-18H2,1H3,(H2,25,31,32). The maximum Gasteiger partial charge on any atom is 0.238 e. The van der Waals surface area contributed by atoms with Gasteiger partial charge in [-0.15, -0.1) is 0 Å². The Morgan fingerprint density at radius 3 is 2.33 bits per heavy atom. The fourth-order valence-corrected chi connectivity index (χ4v) is 5.62. The molecule has 8 nitrogen and oxygen atoms in total. The average Bonchev–Trinajstić information content (AvgIpc) is 2.80. The van der Waals surface area contributed by atoms with E-state index < -0.39 is 10.0 Å². The molecule has 1 aromatic carbocycles. The van der Waals surface area contributed by atoms with Gasteiger partial charge < -0.3 is 9.80 Å². The third kappa shape index (κ3) is 6.10. The molecule has 2 fully saturated rings. The predicted octanol–water partition coefficient (Wildman–Crippen LogP) is 1.64. The summed E-state index contributed by atoms with van der Waals surface area (Å²) in [5, 5.41) is 5.41. The molecule has 0 radical (unpaired) electrons. The molecule has 2 saturated heterocycles. The number of amides is 1. The second-order valence-electron chi connectivity index (χ2n) is 9.15. The minimum absolute atomic E-state index is 0.187. The highest BCUT2D eigenvalue weighted by molar-refractivity contribution is 7.89. The molecule has 2 aromatic rings. The quantitative estimate of drug-likeness (QED) is 0.688. The number of anilines is 1. The van der Waals surface area contributed by atoms with E-state index in [0.29, 0.717) is 18.9 Å². The van der Waals surface area contributed by atoms with Crippen LogP contribution in [-0.2, 0) is 21.2 Å². The molecule has 0 bridgehead atoms. The van der Waals surface area contributed by atoms with Gasteiger partial charge in [-0.2, -0.15) is 0 Å². The van der Waals surface area contributed by atoms with Crippen molar-refractivity contribution in [3.63, 3.8) is 0 Å². The third-order valence-electron chi connectivity index (χ3n) is 6.76. The van der Waals surface area contributed by atoms with E-state index in [2.05, 4.69) is 14.8 Å². The summed E-state index contributed by atoms with van der Waals surface area (Å²) in [6.07, 6.45) is 6.04. The molecular weight excluding hydrogens is 438 g/mol. The molecule has 2 N–H and O–H groups in total. The summed E-state index contributed by atoms with van der Waals surface area (Å²) < 4.78 is 23.9. The Bertz CT molecular complexity index is 1060. The minimum atomic E-state index is -3.74. The van der Waals surface area contributed by atoms with Crippen molar-refractivity contribution in [3.8, 4) is 0 Å². The van der Waals surface area contributed by atoms with Crippen LogP contribution in [0.1, 0.15) is 24.0 Å². The van der Waals surface area contributed by atoms with Crippen LogP contribution in [0.4, 0.5) is 5.69 Å². The number of likely N-dealkylation sites (tertiary alicyclic amines) is 1. The van der Waals surface area contributed by atoms with Crippen LogP contribution in [0.15, 0.2) is 47.6 Å². The highest BCUT2D eigenvalue weighted by Gasteiger charge is 2.27. The van der Waals surface area contributed by atoms with Gasteiger partial charge in [-0.1, -0.05) is 17.7 Å². The van der Waals surface area contributed by atoms with Crippen LogP contribution >= 0.6 is 0 Å². The molecule has 2 aliphatic rings. The molecule has 0 spiro atoms. The number of aryl methyl sites for hydroxylation is 1. The van der Waals surface area contributed by atoms with Gasteiger partial charge in [0.25, 0.3) is 0 Å². The molecule has 0 atom stereocenters. The lowest BCUT2D eigenvalue weighted by Crippen LogP contribution is -2.51. The van der Waals surface area contributed by atoms with E-state index in [4.69, 9.17) is 5.14 Å². The molecule has 33 heavy (non-hydrogen) atoms. The molecule has 178 valence electrons. The zero-order chi connectivity index (χ0) is 23.4. The number of carbonyl (C=O) groups is 1. The molecule has 4 rings (SSSR count). The van der Waals surface area contributed by atoms with Gasteiger partial charge in [0, 0.05) is 57.3 Å². The van der Waals surface area contributed by atoms with Crippen molar-refractivity contribution >= 4 is 21.6 Å². The Hall–Kier alpha value is -2.49. The number of hydrogen-bond donors (Lipinski definition) is 1. The molecule has 0 aliphatic carbocycles. The van der Waals surface area contributed by atoms with E-state index in [0.717, 1.165) is 63.2 Å². The molecule has 9 heteroatoms. The van der Waals surface area contributed by atoms with E-state index >= 15 is 0 Å². The van der Waals surface area contributed by atoms with Crippen molar-refractivity contribution in [1.82, 2.24) is 14.8 Å². The fraction of sp³-hybridized carbons (Fsp3) is 0.500. The molecule has 2 aliphatic heterocycles. The van der Waals surface area contributed by atoms with Crippen LogP contribution in [-0.4, -0.2) is 74.9 Å². The van der Waals surface area contributed by atoms with Gasteiger partial charge in [0.2, 0.25) is 15.9 Å². The summed E-state index contributed by atoms with van der Waals surface area (Å²) in [5.41, 5.74) is 2.99. The summed E-state index contributed by atoms with van der Waals surface area (Å²) in [6.45, 7) is 7.40. The number of piperidine rings is 1. The largest absolute Gasteiger partial charge is 0.369 e. The number of pyridine rings is 1. The van der Waals surface area contributed by atoms with Crippen LogP contribution in [0.3, 0.4) is 0 Å². The lowest BCUT2D eigenvalue weighted by Gasteiger charge is -2.38. The van der Waals surface area contributed by atoms with Crippen molar-refractivity contribution in [3.05, 3.63) is 53.9 Å². The first-order valence-corrected chi connectivity index (χ1v) is 13.1. The van der Waals surface area contributed by atoms with Gasteiger partial charge in [0.1, 0.15) is 0 Å². The lowest BCUT2D eigenvalue weighted by molar-refractivity contribution is -0.133. The van der Waals surface area contributed by atoms with Crippen LogP contribution in [0, 0.1) is 12.8 Å². The third-order valence-corrected chi connectivity index (χ3v) is 7.77. The van der Waals surface area contributed by atoms with Gasteiger partial charge >= 0.3 is 0 Å². The number of primary sulfonamides is 1. The number of nitrogens with zero attached hydrogens (tertiary/aromatic N) is 4. The summed E-state index contributed by atoms with van der Waals surface area (Å²) in [7, 11) is -3.74. The number of sulfonamides is 1. The van der Waals surface area contributed by atoms with E-state index in [9.17, 15) is 13.2 Å². The zero-order valence-electron chi connectivity index (χ0n) is 19.2. The Kier molecular flexibility index (Phi) is 7.31. The summed E-state index contributed by atoms with van der Waals surface area (Å²) in [5.74, 6) is 0.534. The van der Waals surface area contributed by atoms with Gasteiger partial charge in [0.05, 0.1) is 11.4 Å². The number of hydrogen-bond acceptors (Lipinski definition) is 6. The minimum Gasteiger partial charge on any atom is -0.369 e. The molecular formula is C24H33N5O3S. The maximum atomic E-state index is 12.9. The predicted molar refractivity (Wildman–Crippen MR) is 128 cm³/mol. The van der Waals surface area contributed by atoms with E-state index in [1.165, 1.54) is 5.69 Å². The first-order valence-electron chi connectivity index (χ1n) is 11.6. The Morgan fingerprint density at radius 1 is 1.03 bits per heavy atom. The number of aromatic nitrogens is 1. The van der Waals surface area contributed by atoms with Crippen molar-refractivity contribution in [2.24, 2.45) is 11.1 Å². The molecule has 3 heterocycles. The van der Waals surface area contributed by atoms with Crippen molar-refractivity contribution in [2.75, 3.05) is 50.7 Å². The maximum absolute atomic E-state index is 12.9. The highest BCUT2D eigenvalue weighted by Crippen LogP contribution is 2.26. The smallest absolute Gasteiger partial charge is 0.238 e. The summed E-state index contributed by atoms with van der Waals surface area (Å²) >= 11 is 0. The second-order valence-corrected chi connectivity index (χ2v) is 10.7. The molecule has 1 amide bonds. The number of nitrogens with two attached hydrogens (primary N) is 1. The molecule has 0 saturated carbocycles. The number of benzene rings is 1. The Labute approximate surface area is 196 Å². The lowest BCUT2D eigenvalue weighted by atomic mass is 9.89. The van der Waals surface area contributed by atoms with Crippen molar-refractivity contribution in [2.45, 2.75) is 31.1 Å². The van der Waals surface area contributed by atoms with E-state index in [1.54, 1.807) is 12.1 Å². The van der Waals surface area contributed by atoms with Crippen molar-refractivity contribution < 1.29 is 13.2 Å². The number of rotatable bonds is 6. The van der Waals surface area contributed by atoms with Crippen LogP contribution in [0.5, 0.6) is 0 Å². The summed E-state index contributed by atoms with van der Waals surface area (Å²) in [6, 6.07) is 9.35. The first kappa shape index (κ1) is 23.7. The second kappa shape index (κ2) is 10.2. The monoisotopic (exact) mass is 471 g/mol. The summed E-state index contributed by atoms with van der Waals surface area (Å²) in [4.78, 5) is 23.7. The Morgan fingerprint density at radius 2 is 1.70 bits per heavy atom. The topological polar surface area (TPSA) is 99.8 Å². The van der Waals surface area contributed by atoms with Gasteiger partial charge in [-0.25, -0.2) is 13.6 Å². The fourth-order valence-electron chi connectivity index (χ4n) is 4.85. The Balaban J connectivity index is 1.25. The highest BCUT2D eigenvalue weighted by atomic mass is 32.2. The normalized spacial score (nSPS) is 18.5. The van der Waals surface area contributed by atoms with Crippen LogP contribution in [0.25, 0.3) is 0 Å². The van der Waals surface area contributed by atoms with Gasteiger partial charge in [-0.3, -0.25) is 14.7 Å². The van der Waals surface area contributed by atoms with Crippen LogP contribution < -0.4 is 10.0 Å².